The highest BCUT2D eigenvalue weighted by molar-refractivity contribution is 6.18. The molecule has 0 aliphatic carbocycles. The van der Waals surface area contributed by atoms with E-state index < -0.39 is 6.09 Å². The Morgan fingerprint density at radius 3 is 2.57 bits per heavy atom. The van der Waals surface area contributed by atoms with Gasteiger partial charge in [0.25, 0.3) is 0 Å². The number of likely N-dealkylation sites (tertiary alicyclic amines) is 2. The second-order valence-electron chi connectivity index (χ2n) is 7.23. The Labute approximate surface area is 169 Å². The van der Waals surface area contributed by atoms with Crippen molar-refractivity contribution in [1.82, 2.24) is 15.1 Å². The first kappa shape index (κ1) is 20.5. The molecule has 3 amide bonds. The summed E-state index contributed by atoms with van der Waals surface area (Å²) in [6.45, 7) is 2.33. The van der Waals surface area contributed by atoms with Gasteiger partial charge in [-0.05, 0) is 18.4 Å². The second-order valence-corrected chi connectivity index (χ2v) is 7.61. The Morgan fingerprint density at radius 1 is 1.18 bits per heavy atom. The topological polar surface area (TPSA) is 79.0 Å². The van der Waals surface area contributed by atoms with Crippen molar-refractivity contribution >= 4 is 29.5 Å². The van der Waals surface area contributed by atoms with E-state index in [4.69, 9.17) is 16.3 Å². The first-order chi connectivity index (χ1) is 13.6. The smallest absolute Gasteiger partial charge is 0.407 e. The van der Waals surface area contributed by atoms with Crippen LogP contribution in [0.2, 0.25) is 0 Å². The molecule has 0 saturated carbocycles. The molecule has 2 heterocycles. The summed E-state index contributed by atoms with van der Waals surface area (Å²) in [7, 11) is 0. The highest BCUT2D eigenvalue weighted by Gasteiger charge is 2.37. The van der Waals surface area contributed by atoms with Gasteiger partial charge in [0.2, 0.25) is 11.8 Å². The molecule has 152 valence electrons. The molecular weight excluding hydrogens is 382 g/mol. The maximum Gasteiger partial charge on any atom is 0.407 e. The molecule has 2 aliphatic rings. The molecule has 1 aromatic carbocycles. The molecule has 0 bridgehead atoms. The summed E-state index contributed by atoms with van der Waals surface area (Å²) in [6, 6.07) is 9.80. The predicted molar refractivity (Wildman–Crippen MR) is 105 cm³/mol. The van der Waals surface area contributed by atoms with Gasteiger partial charge in [0.05, 0.1) is 11.8 Å². The average molecular weight is 408 g/mol. The number of nitrogens with zero attached hydrogens (tertiary/aromatic N) is 2. The van der Waals surface area contributed by atoms with Crippen LogP contribution < -0.4 is 5.32 Å². The van der Waals surface area contributed by atoms with Crippen molar-refractivity contribution in [3.63, 3.8) is 0 Å². The van der Waals surface area contributed by atoms with Crippen LogP contribution in [-0.2, 0) is 20.9 Å². The van der Waals surface area contributed by atoms with E-state index in [9.17, 15) is 14.4 Å². The molecule has 0 spiro atoms. The second kappa shape index (κ2) is 9.78. The zero-order valence-electron chi connectivity index (χ0n) is 15.8. The number of rotatable bonds is 6. The minimum atomic E-state index is -0.469. The lowest BCUT2D eigenvalue weighted by molar-refractivity contribution is -0.136. The van der Waals surface area contributed by atoms with Crippen LogP contribution in [0.25, 0.3) is 0 Å². The van der Waals surface area contributed by atoms with Crippen molar-refractivity contribution in [2.24, 2.45) is 5.92 Å². The normalized spacial score (nSPS) is 20.3. The molecule has 1 atom stereocenters. The molecule has 0 aromatic heterocycles. The Hall–Kier alpha value is -2.28. The highest BCUT2D eigenvalue weighted by atomic mass is 35.5. The maximum atomic E-state index is 12.8. The Bertz CT molecular complexity index is 692. The fraction of sp³-hybridized carbons (Fsp3) is 0.550. The van der Waals surface area contributed by atoms with Crippen molar-refractivity contribution in [3.8, 4) is 0 Å². The number of alkyl carbamates (subject to hydrolysis) is 1. The van der Waals surface area contributed by atoms with Gasteiger partial charge in [0.1, 0.15) is 6.61 Å². The molecule has 28 heavy (non-hydrogen) atoms. The summed E-state index contributed by atoms with van der Waals surface area (Å²) in [5.41, 5.74) is 1.07. The van der Waals surface area contributed by atoms with Gasteiger partial charge < -0.3 is 19.9 Å². The van der Waals surface area contributed by atoms with Crippen LogP contribution in [0.5, 0.6) is 0 Å². The van der Waals surface area contributed by atoms with Gasteiger partial charge in [-0.3, -0.25) is 9.59 Å². The van der Waals surface area contributed by atoms with Crippen LogP contribution in [0.3, 0.4) is 0 Å². The van der Waals surface area contributed by atoms with E-state index in [2.05, 4.69) is 5.32 Å². The number of ether oxygens (including phenoxy) is 1. The molecule has 1 aromatic rings. The van der Waals surface area contributed by atoms with Gasteiger partial charge in [-0.25, -0.2) is 4.79 Å². The van der Waals surface area contributed by atoms with Crippen molar-refractivity contribution in [2.75, 3.05) is 32.1 Å². The van der Waals surface area contributed by atoms with Gasteiger partial charge in [0.15, 0.2) is 0 Å². The molecule has 1 unspecified atom stereocenters. The highest BCUT2D eigenvalue weighted by Crippen LogP contribution is 2.24. The molecule has 3 rings (SSSR count). The number of hydrogen-bond acceptors (Lipinski definition) is 4. The van der Waals surface area contributed by atoms with Crippen LogP contribution in [0.15, 0.2) is 30.3 Å². The molecule has 7 nitrogen and oxygen atoms in total. The van der Waals surface area contributed by atoms with E-state index in [1.54, 1.807) is 4.90 Å². The molecule has 2 aliphatic heterocycles. The van der Waals surface area contributed by atoms with E-state index in [1.165, 1.54) is 0 Å². The van der Waals surface area contributed by atoms with Gasteiger partial charge in [-0.1, -0.05) is 30.3 Å². The quantitative estimate of drug-likeness (QED) is 0.731. The third-order valence-corrected chi connectivity index (χ3v) is 5.37. The third kappa shape index (κ3) is 5.38. The lowest BCUT2D eigenvalue weighted by Crippen LogP contribution is -2.48. The van der Waals surface area contributed by atoms with Gasteiger partial charge in [-0.2, -0.15) is 0 Å². The standard InChI is InChI=1S/C20H26ClN3O4/c21-8-11-28-20(27)22-17-6-9-23(10-7-17)19(26)16-12-18(25)24(14-16)13-15-4-2-1-3-5-15/h1-5,16-17H,6-14H2,(H,22,27). The lowest BCUT2D eigenvalue weighted by Gasteiger charge is -2.33. The van der Waals surface area contributed by atoms with Crippen molar-refractivity contribution < 1.29 is 19.1 Å². The van der Waals surface area contributed by atoms with E-state index in [0.29, 0.717) is 39.0 Å². The van der Waals surface area contributed by atoms with Crippen LogP contribution in [-0.4, -0.2) is 65.9 Å². The Balaban J connectivity index is 1.45. The monoisotopic (exact) mass is 407 g/mol. The minimum Gasteiger partial charge on any atom is -0.448 e. The number of amides is 3. The first-order valence-electron chi connectivity index (χ1n) is 9.66. The van der Waals surface area contributed by atoms with Crippen LogP contribution in [0.1, 0.15) is 24.8 Å². The fourth-order valence-electron chi connectivity index (χ4n) is 3.74. The molecular formula is C20H26ClN3O4. The van der Waals surface area contributed by atoms with Crippen molar-refractivity contribution in [1.29, 1.82) is 0 Å². The predicted octanol–water partition coefficient (Wildman–Crippen LogP) is 1.99. The summed E-state index contributed by atoms with van der Waals surface area (Å²) in [5.74, 6) is 0.0455. The summed E-state index contributed by atoms with van der Waals surface area (Å²) < 4.78 is 4.92. The third-order valence-electron chi connectivity index (χ3n) is 5.22. The van der Waals surface area contributed by atoms with Crippen molar-refractivity contribution in [2.45, 2.75) is 31.8 Å². The number of nitrogens with one attached hydrogen (secondary N) is 1. The number of piperidine rings is 1. The number of halogens is 1. The van der Waals surface area contributed by atoms with Gasteiger partial charge in [-0.15, -0.1) is 11.6 Å². The van der Waals surface area contributed by atoms with Crippen LogP contribution in [0, 0.1) is 5.92 Å². The zero-order valence-corrected chi connectivity index (χ0v) is 16.6. The number of benzene rings is 1. The minimum absolute atomic E-state index is 0.00772. The van der Waals surface area contributed by atoms with E-state index in [-0.39, 0.29) is 42.7 Å². The van der Waals surface area contributed by atoms with Crippen molar-refractivity contribution in [3.05, 3.63) is 35.9 Å². The molecule has 2 fully saturated rings. The molecule has 2 saturated heterocycles. The van der Waals surface area contributed by atoms with Gasteiger partial charge in [0, 0.05) is 38.6 Å². The van der Waals surface area contributed by atoms with Crippen LogP contribution in [0.4, 0.5) is 4.79 Å². The van der Waals surface area contributed by atoms with E-state index in [0.717, 1.165) is 5.56 Å². The fourth-order valence-corrected chi connectivity index (χ4v) is 3.81. The summed E-state index contributed by atoms with van der Waals surface area (Å²) in [4.78, 5) is 40.3. The number of carbonyl (C=O) groups is 3. The first-order valence-corrected chi connectivity index (χ1v) is 10.2. The summed E-state index contributed by atoms with van der Waals surface area (Å²) >= 11 is 5.49. The maximum absolute atomic E-state index is 12.8. The SMILES string of the molecule is O=C(NC1CCN(C(=O)C2CC(=O)N(Cc3ccccc3)C2)CC1)OCCCl. The average Bonchev–Trinajstić information content (AvgIpc) is 3.07. The molecule has 0 radical (unpaired) electrons. The summed E-state index contributed by atoms with van der Waals surface area (Å²) in [6.07, 6.45) is 1.16. The number of alkyl halides is 1. The number of carbonyl (C=O) groups excluding carboxylic acids is 3. The zero-order chi connectivity index (χ0) is 19.9. The summed E-state index contributed by atoms with van der Waals surface area (Å²) in [5, 5.41) is 2.80. The lowest BCUT2D eigenvalue weighted by atomic mass is 10.0. The molecule has 8 heteroatoms. The van der Waals surface area contributed by atoms with Crippen LogP contribution >= 0.6 is 11.6 Å². The largest absolute Gasteiger partial charge is 0.448 e. The van der Waals surface area contributed by atoms with E-state index >= 15 is 0 Å². The Morgan fingerprint density at radius 2 is 1.89 bits per heavy atom. The van der Waals surface area contributed by atoms with Gasteiger partial charge >= 0.3 is 6.09 Å². The number of hydrogen-bond donors (Lipinski definition) is 1. The van der Waals surface area contributed by atoms with E-state index in [1.807, 2.05) is 35.2 Å². The Kier molecular flexibility index (Phi) is 7.14. The molecule has 1 N–H and O–H groups in total.